The molecule has 0 saturated carbocycles. The van der Waals surface area contributed by atoms with Crippen molar-refractivity contribution < 1.29 is 14.6 Å². The number of carboxylic acids is 1. The molecule has 3 nitrogen and oxygen atoms in total. The second-order valence-electron chi connectivity index (χ2n) is 5.27. The standard InChI is InChI=1S/C14H18O3/c1-14(2,13(15)16)11-6-9-4-5-12(17-3)8-10(9)7-11/h4-5,8,11H,6-7H2,1-3H3,(H,15,16). The van der Waals surface area contributed by atoms with Crippen LogP contribution in [0.4, 0.5) is 0 Å². The fourth-order valence-corrected chi connectivity index (χ4v) is 2.41. The van der Waals surface area contributed by atoms with E-state index in [1.807, 2.05) is 32.0 Å². The van der Waals surface area contributed by atoms with Gasteiger partial charge >= 0.3 is 5.97 Å². The van der Waals surface area contributed by atoms with Crippen molar-refractivity contribution in [2.45, 2.75) is 26.7 Å². The summed E-state index contributed by atoms with van der Waals surface area (Å²) in [6.07, 6.45) is 1.67. The number of ether oxygens (including phenoxy) is 1. The molecule has 0 heterocycles. The molecule has 0 radical (unpaired) electrons. The highest BCUT2D eigenvalue weighted by atomic mass is 16.5. The van der Waals surface area contributed by atoms with Gasteiger partial charge in [-0.05, 0) is 55.9 Å². The lowest BCUT2D eigenvalue weighted by Crippen LogP contribution is -2.33. The Morgan fingerprint density at radius 2 is 2.00 bits per heavy atom. The molecule has 0 spiro atoms. The van der Waals surface area contributed by atoms with Gasteiger partial charge in [0.2, 0.25) is 0 Å². The largest absolute Gasteiger partial charge is 0.497 e. The normalized spacial score (nSPS) is 18.9. The highest BCUT2D eigenvalue weighted by molar-refractivity contribution is 5.74. The predicted molar refractivity (Wildman–Crippen MR) is 65.3 cm³/mol. The Morgan fingerprint density at radius 3 is 2.59 bits per heavy atom. The fraction of sp³-hybridized carbons (Fsp3) is 0.500. The summed E-state index contributed by atoms with van der Waals surface area (Å²) in [5, 5.41) is 9.26. The van der Waals surface area contributed by atoms with Gasteiger partial charge in [-0.2, -0.15) is 0 Å². The van der Waals surface area contributed by atoms with Crippen LogP contribution in [0, 0.1) is 11.3 Å². The summed E-state index contributed by atoms with van der Waals surface area (Å²) in [4.78, 5) is 11.3. The van der Waals surface area contributed by atoms with Crippen LogP contribution in [-0.2, 0) is 17.6 Å². The fourth-order valence-electron chi connectivity index (χ4n) is 2.41. The van der Waals surface area contributed by atoms with E-state index >= 15 is 0 Å². The van der Waals surface area contributed by atoms with Gasteiger partial charge in [0.15, 0.2) is 0 Å². The molecule has 2 rings (SSSR count). The zero-order chi connectivity index (χ0) is 12.6. The van der Waals surface area contributed by atoms with E-state index in [1.54, 1.807) is 7.11 Å². The molecule has 1 aliphatic rings. The van der Waals surface area contributed by atoms with Crippen LogP contribution in [0.15, 0.2) is 18.2 Å². The molecule has 0 aliphatic heterocycles. The highest BCUT2D eigenvalue weighted by Gasteiger charge is 2.40. The van der Waals surface area contributed by atoms with E-state index < -0.39 is 11.4 Å². The monoisotopic (exact) mass is 234 g/mol. The molecule has 0 amide bonds. The summed E-state index contributed by atoms with van der Waals surface area (Å²) in [7, 11) is 1.65. The zero-order valence-corrected chi connectivity index (χ0v) is 10.5. The van der Waals surface area contributed by atoms with Crippen molar-refractivity contribution in [3.63, 3.8) is 0 Å². The molecule has 1 aromatic carbocycles. The molecule has 17 heavy (non-hydrogen) atoms. The summed E-state index contributed by atoms with van der Waals surface area (Å²) in [6, 6.07) is 6.01. The first kappa shape index (κ1) is 12.0. The maximum Gasteiger partial charge on any atom is 0.309 e. The number of aliphatic carboxylic acids is 1. The van der Waals surface area contributed by atoms with Crippen LogP contribution < -0.4 is 4.74 Å². The average Bonchev–Trinajstić information content (AvgIpc) is 2.71. The third-order valence-corrected chi connectivity index (χ3v) is 3.92. The third-order valence-electron chi connectivity index (χ3n) is 3.92. The molecule has 1 atom stereocenters. The summed E-state index contributed by atoms with van der Waals surface area (Å²) < 4.78 is 5.19. The van der Waals surface area contributed by atoms with Crippen molar-refractivity contribution in [2.75, 3.05) is 7.11 Å². The molecule has 1 unspecified atom stereocenters. The van der Waals surface area contributed by atoms with Crippen LogP contribution in [-0.4, -0.2) is 18.2 Å². The van der Waals surface area contributed by atoms with E-state index in [2.05, 4.69) is 0 Å². The maximum atomic E-state index is 11.3. The van der Waals surface area contributed by atoms with E-state index in [0.717, 1.165) is 18.6 Å². The van der Waals surface area contributed by atoms with E-state index in [9.17, 15) is 9.90 Å². The molecule has 0 saturated heterocycles. The Balaban J connectivity index is 2.24. The van der Waals surface area contributed by atoms with Gasteiger partial charge in [-0.3, -0.25) is 4.79 Å². The lowest BCUT2D eigenvalue weighted by molar-refractivity contribution is -0.149. The lowest BCUT2D eigenvalue weighted by atomic mass is 9.77. The molecular weight excluding hydrogens is 216 g/mol. The number of carbonyl (C=O) groups is 1. The van der Waals surface area contributed by atoms with Crippen LogP contribution in [0.1, 0.15) is 25.0 Å². The van der Waals surface area contributed by atoms with Gasteiger partial charge in [-0.1, -0.05) is 6.07 Å². The van der Waals surface area contributed by atoms with E-state index in [4.69, 9.17) is 4.74 Å². The SMILES string of the molecule is COc1ccc2c(c1)CC(C(C)(C)C(=O)O)C2. The Bertz CT molecular complexity index is 449. The van der Waals surface area contributed by atoms with Crippen molar-refractivity contribution >= 4 is 5.97 Å². The van der Waals surface area contributed by atoms with E-state index in [1.165, 1.54) is 11.1 Å². The first-order valence-corrected chi connectivity index (χ1v) is 5.84. The molecule has 92 valence electrons. The van der Waals surface area contributed by atoms with Crippen molar-refractivity contribution in [3.8, 4) is 5.75 Å². The lowest BCUT2D eigenvalue weighted by Gasteiger charge is -2.26. The van der Waals surface area contributed by atoms with Gasteiger partial charge in [0.1, 0.15) is 5.75 Å². The second kappa shape index (κ2) is 4.06. The number of fused-ring (bicyclic) bond motifs is 1. The summed E-state index contributed by atoms with van der Waals surface area (Å²) in [6.45, 7) is 3.62. The van der Waals surface area contributed by atoms with Crippen molar-refractivity contribution in [1.82, 2.24) is 0 Å². The Hall–Kier alpha value is -1.51. The molecule has 3 heteroatoms. The smallest absolute Gasteiger partial charge is 0.309 e. The van der Waals surface area contributed by atoms with Crippen LogP contribution in [0.2, 0.25) is 0 Å². The number of benzene rings is 1. The van der Waals surface area contributed by atoms with Crippen molar-refractivity contribution in [1.29, 1.82) is 0 Å². The molecular formula is C14H18O3. The van der Waals surface area contributed by atoms with Gasteiger partial charge in [0, 0.05) is 0 Å². The Morgan fingerprint density at radius 1 is 1.35 bits per heavy atom. The van der Waals surface area contributed by atoms with Gasteiger partial charge in [0.25, 0.3) is 0 Å². The van der Waals surface area contributed by atoms with Crippen LogP contribution in [0.5, 0.6) is 5.75 Å². The van der Waals surface area contributed by atoms with Gasteiger partial charge < -0.3 is 9.84 Å². The number of methoxy groups -OCH3 is 1. The predicted octanol–water partition coefficient (Wildman–Crippen LogP) is 2.52. The first-order valence-electron chi connectivity index (χ1n) is 5.84. The minimum absolute atomic E-state index is 0.169. The van der Waals surface area contributed by atoms with Gasteiger partial charge in [-0.25, -0.2) is 0 Å². The zero-order valence-electron chi connectivity index (χ0n) is 10.5. The first-order chi connectivity index (χ1) is 7.95. The number of hydrogen-bond donors (Lipinski definition) is 1. The van der Waals surface area contributed by atoms with Gasteiger partial charge in [0.05, 0.1) is 12.5 Å². The van der Waals surface area contributed by atoms with E-state index in [0.29, 0.717) is 0 Å². The van der Waals surface area contributed by atoms with Crippen LogP contribution >= 0.6 is 0 Å². The molecule has 1 aromatic rings. The minimum atomic E-state index is -0.720. The van der Waals surface area contributed by atoms with Crippen LogP contribution in [0.25, 0.3) is 0 Å². The topological polar surface area (TPSA) is 46.5 Å². The van der Waals surface area contributed by atoms with Gasteiger partial charge in [-0.15, -0.1) is 0 Å². The Labute approximate surface area is 101 Å². The number of hydrogen-bond acceptors (Lipinski definition) is 2. The van der Waals surface area contributed by atoms with E-state index in [-0.39, 0.29) is 5.92 Å². The Kier molecular flexibility index (Phi) is 2.86. The molecule has 0 aromatic heterocycles. The summed E-state index contributed by atoms with van der Waals surface area (Å²) >= 11 is 0. The quantitative estimate of drug-likeness (QED) is 0.874. The molecule has 1 N–H and O–H groups in total. The molecule has 1 aliphatic carbocycles. The van der Waals surface area contributed by atoms with Crippen molar-refractivity contribution in [3.05, 3.63) is 29.3 Å². The number of carboxylic acid groups (broad SMARTS) is 1. The third kappa shape index (κ3) is 2.02. The summed E-state index contributed by atoms with van der Waals surface area (Å²) in [5.74, 6) is 0.293. The van der Waals surface area contributed by atoms with Crippen LogP contribution in [0.3, 0.4) is 0 Å². The van der Waals surface area contributed by atoms with Crippen molar-refractivity contribution in [2.24, 2.45) is 11.3 Å². The summed E-state index contributed by atoms with van der Waals surface area (Å²) in [5.41, 5.74) is 1.81. The second-order valence-corrected chi connectivity index (χ2v) is 5.27. The molecule has 0 fully saturated rings. The number of rotatable bonds is 3. The minimum Gasteiger partial charge on any atom is -0.497 e. The maximum absolute atomic E-state index is 11.3. The average molecular weight is 234 g/mol. The highest BCUT2D eigenvalue weighted by Crippen LogP contribution is 2.39. The molecule has 0 bridgehead atoms.